The van der Waals surface area contributed by atoms with Gasteiger partial charge >= 0.3 is 0 Å². The first-order valence-corrected chi connectivity index (χ1v) is 7.50. The standard InChI is InChI=1S/C12H17FN2O3S/c1-2-5-12(16)7-15(8-12)19(17,18)11-4-3-9(14)6-10(11)13/h3-4,6,16H,2,5,7-8,14H2,1H3. The number of β-amino-alcohol motifs (C(OH)–C–C–N with tert-alkyl or cyclic N) is 1. The molecule has 0 amide bonds. The molecule has 7 heteroatoms. The van der Waals surface area contributed by atoms with E-state index in [1.54, 1.807) is 0 Å². The zero-order chi connectivity index (χ0) is 14.3. The molecule has 1 saturated heterocycles. The number of aliphatic hydroxyl groups is 1. The molecule has 1 fully saturated rings. The van der Waals surface area contributed by atoms with Crippen molar-refractivity contribution >= 4 is 15.7 Å². The molecule has 0 aliphatic carbocycles. The summed E-state index contributed by atoms with van der Waals surface area (Å²) in [5.41, 5.74) is 4.58. The Morgan fingerprint density at radius 3 is 2.63 bits per heavy atom. The highest BCUT2D eigenvalue weighted by atomic mass is 32.2. The second-order valence-electron chi connectivity index (χ2n) is 4.94. The van der Waals surface area contributed by atoms with Crippen LogP contribution in [0.2, 0.25) is 0 Å². The molecular formula is C12H17FN2O3S. The zero-order valence-electron chi connectivity index (χ0n) is 10.6. The van der Waals surface area contributed by atoms with E-state index in [4.69, 9.17) is 5.73 Å². The lowest BCUT2D eigenvalue weighted by atomic mass is 9.92. The molecule has 0 saturated carbocycles. The lowest BCUT2D eigenvalue weighted by Crippen LogP contribution is -2.63. The third-order valence-corrected chi connectivity index (χ3v) is 5.06. The average molecular weight is 288 g/mol. The van der Waals surface area contributed by atoms with Crippen molar-refractivity contribution in [3.63, 3.8) is 0 Å². The van der Waals surface area contributed by atoms with Gasteiger partial charge in [-0.25, -0.2) is 12.8 Å². The monoisotopic (exact) mass is 288 g/mol. The summed E-state index contributed by atoms with van der Waals surface area (Å²) in [6.07, 6.45) is 1.30. The molecule has 1 aliphatic heterocycles. The van der Waals surface area contributed by atoms with Crippen molar-refractivity contribution in [2.24, 2.45) is 0 Å². The van der Waals surface area contributed by atoms with Crippen LogP contribution in [0.3, 0.4) is 0 Å². The molecule has 106 valence electrons. The number of hydrogen-bond acceptors (Lipinski definition) is 4. The lowest BCUT2D eigenvalue weighted by Gasteiger charge is -2.45. The van der Waals surface area contributed by atoms with Crippen molar-refractivity contribution in [2.75, 3.05) is 18.8 Å². The van der Waals surface area contributed by atoms with Gasteiger partial charge in [0.1, 0.15) is 10.7 Å². The van der Waals surface area contributed by atoms with E-state index in [1.807, 2.05) is 6.92 Å². The van der Waals surface area contributed by atoms with E-state index in [1.165, 1.54) is 6.07 Å². The van der Waals surface area contributed by atoms with Crippen LogP contribution in [-0.2, 0) is 10.0 Å². The molecule has 0 unspecified atom stereocenters. The van der Waals surface area contributed by atoms with Crippen molar-refractivity contribution < 1.29 is 17.9 Å². The predicted octanol–water partition coefficient (Wildman–Crippen LogP) is 0.943. The van der Waals surface area contributed by atoms with E-state index < -0.39 is 26.3 Å². The molecule has 5 nitrogen and oxygen atoms in total. The maximum Gasteiger partial charge on any atom is 0.246 e. The molecule has 1 aliphatic rings. The third-order valence-electron chi connectivity index (χ3n) is 3.23. The van der Waals surface area contributed by atoms with Gasteiger partial charge in [0.25, 0.3) is 0 Å². The summed E-state index contributed by atoms with van der Waals surface area (Å²) < 4.78 is 39.1. The Morgan fingerprint density at radius 2 is 2.11 bits per heavy atom. The summed E-state index contributed by atoms with van der Waals surface area (Å²) in [4.78, 5) is -0.403. The fourth-order valence-corrected chi connectivity index (χ4v) is 3.91. The molecule has 0 spiro atoms. The van der Waals surface area contributed by atoms with Crippen LogP contribution in [0.1, 0.15) is 19.8 Å². The van der Waals surface area contributed by atoms with E-state index >= 15 is 0 Å². The van der Waals surface area contributed by atoms with Crippen LogP contribution in [-0.4, -0.2) is 36.5 Å². The van der Waals surface area contributed by atoms with Gasteiger partial charge in [-0.15, -0.1) is 0 Å². The van der Waals surface area contributed by atoms with Gasteiger partial charge in [0, 0.05) is 18.8 Å². The molecule has 1 aromatic rings. The molecule has 1 aromatic carbocycles. The lowest BCUT2D eigenvalue weighted by molar-refractivity contribution is -0.0654. The smallest absolute Gasteiger partial charge is 0.246 e. The minimum absolute atomic E-state index is 0.00693. The summed E-state index contributed by atoms with van der Waals surface area (Å²) in [6, 6.07) is 3.47. The summed E-state index contributed by atoms with van der Waals surface area (Å²) in [7, 11) is -3.90. The number of hydrogen-bond donors (Lipinski definition) is 2. The Labute approximate surface area is 111 Å². The van der Waals surface area contributed by atoms with Gasteiger partial charge in [0.15, 0.2) is 0 Å². The fraction of sp³-hybridized carbons (Fsp3) is 0.500. The number of nitrogens with two attached hydrogens (primary N) is 1. The number of halogens is 1. The van der Waals surface area contributed by atoms with Gasteiger partial charge < -0.3 is 10.8 Å². The van der Waals surface area contributed by atoms with Gasteiger partial charge in [-0.3, -0.25) is 0 Å². The maximum atomic E-state index is 13.7. The third kappa shape index (κ3) is 2.58. The van der Waals surface area contributed by atoms with Crippen LogP contribution >= 0.6 is 0 Å². The molecule has 0 radical (unpaired) electrons. The van der Waals surface area contributed by atoms with Gasteiger partial charge in [0.2, 0.25) is 10.0 Å². The molecule has 0 bridgehead atoms. The molecular weight excluding hydrogens is 271 g/mol. The highest BCUT2D eigenvalue weighted by Crippen LogP contribution is 2.32. The van der Waals surface area contributed by atoms with Crippen LogP contribution in [0.15, 0.2) is 23.1 Å². The van der Waals surface area contributed by atoms with Gasteiger partial charge in [-0.1, -0.05) is 13.3 Å². The first-order valence-electron chi connectivity index (χ1n) is 6.06. The number of benzene rings is 1. The van der Waals surface area contributed by atoms with Crippen molar-refractivity contribution in [3.8, 4) is 0 Å². The van der Waals surface area contributed by atoms with Gasteiger partial charge in [-0.05, 0) is 24.6 Å². The Bertz CT molecular complexity index is 583. The first kappa shape index (κ1) is 14.2. The van der Waals surface area contributed by atoms with E-state index in [0.717, 1.165) is 22.9 Å². The molecule has 2 rings (SSSR count). The number of nitrogen functional groups attached to an aromatic ring is 1. The van der Waals surface area contributed by atoms with E-state index in [-0.39, 0.29) is 18.8 Å². The number of nitrogens with zero attached hydrogens (tertiary/aromatic N) is 1. The fourth-order valence-electron chi connectivity index (χ4n) is 2.27. The highest BCUT2D eigenvalue weighted by molar-refractivity contribution is 7.89. The van der Waals surface area contributed by atoms with E-state index in [2.05, 4.69) is 0 Å². The first-order chi connectivity index (χ1) is 8.78. The normalized spacial score (nSPS) is 19.1. The molecule has 1 heterocycles. The van der Waals surface area contributed by atoms with E-state index in [9.17, 15) is 17.9 Å². The van der Waals surface area contributed by atoms with Crippen molar-refractivity contribution in [2.45, 2.75) is 30.3 Å². The second-order valence-corrected chi connectivity index (χ2v) is 6.84. The molecule has 3 N–H and O–H groups in total. The van der Waals surface area contributed by atoms with E-state index in [0.29, 0.717) is 6.42 Å². The molecule has 19 heavy (non-hydrogen) atoms. The summed E-state index contributed by atoms with van der Waals surface area (Å²) in [6.45, 7) is 1.93. The van der Waals surface area contributed by atoms with Crippen LogP contribution in [0.25, 0.3) is 0 Å². The highest BCUT2D eigenvalue weighted by Gasteiger charge is 2.47. The minimum atomic E-state index is -3.90. The van der Waals surface area contributed by atoms with Gasteiger partial charge in [0.05, 0.1) is 5.60 Å². The number of sulfonamides is 1. The predicted molar refractivity (Wildman–Crippen MR) is 69.4 cm³/mol. The average Bonchev–Trinajstić information content (AvgIpc) is 2.25. The Balaban J connectivity index is 2.21. The summed E-state index contributed by atoms with van der Waals surface area (Å²) in [5.74, 6) is -0.870. The summed E-state index contributed by atoms with van der Waals surface area (Å²) >= 11 is 0. The summed E-state index contributed by atoms with van der Waals surface area (Å²) in [5, 5.41) is 9.98. The van der Waals surface area contributed by atoms with Crippen molar-refractivity contribution in [3.05, 3.63) is 24.0 Å². The van der Waals surface area contributed by atoms with Crippen molar-refractivity contribution in [1.29, 1.82) is 0 Å². The van der Waals surface area contributed by atoms with Gasteiger partial charge in [-0.2, -0.15) is 4.31 Å². The van der Waals surface area contributed by atoms with Crippen LogP contribution in [0.4, 0.5) is 10.1 Å². The quantitative estimate of drug-likeness (QED) is 0.808. The molecule has 0 aromatic heterocycles. The largest absolute Gasteiger partial charge is 0.399 e. The zero-order valence-corrected chi connectivity index (χ0v) is 11.5. The Hall–Kier alpha value is -1.18. The second kappa shape index (κ2) is 4.73. The van der Waals surface area contributed by atoms with Crippen LogP contribution in [0.5, 0.6) is 0 Å². The van der Waals surface area contributed by atoms with Crippen LogP contribution < -0.4 is 5.73 Å². The van der Waals surface area contributed by atoms with Crippen LogP contribution in [0, 0.1) is 5.82 Å². The number of rotatable bonds is 4. The Morgan fingerprint density at radius 1 is 1.47 bits per heavy atom. The Kier molecular flexibility index (Phi) is 3.55. The maximum absolute atomic E-state index is 13.7. The number of anilines is 1. The SMILES string of the molecule is CCCC1(O)CN(S(=O)(=O)c2ccc(N)cc2F)C1. The minimum Gasteiger partial charge on any atom is -0.399 e. The molecule has 0 atom stereocenters. The topological polar surface area (TPSA) is 83.6 Å². The van der Waals surface area contributed by atoms with Crippen molar-refractivity contribution in [1.82, 2.24) is 4.31 Å².